The van der Waals surface area contributed by atoms with Crippen molar-refractivity contribution in [1.82, 2.24) is 0 Å². The van der Waals surface area contributed by atoms with Crippen LogP contribution in [0.3, 0.4) is 0 Å². The van der Waals surface area contributed by atoms with Crippen LogP contribution in [-0.2, 0) is 23.8 Å². The number of unbranched alkanes of at least 4 members (excludes halogenated alkanes) is 23. The third-order valence-corrected chi connectivity index (χ3v) is 11.6. The van der Waals surface area contributed by atoms with Crippen molar-refractivity contribution in [2.24, 2.45) is 0 Å². The van der Waals surface area contributed by atoms with E-state index >= 15 is 0 Å². The fourth-order valence-corrected chi connectivity index (χ4v) is 7.51. The van der Waals surface area contributed by atoms with Gasteiger partial charge in [-0.05, 0) is 116 Å². The minimum Gasteiger partial charge on any atom is -0.462 e. The number of hydrogen-bond acceptors (Lipinski definition) is 5. The van der Waals surface area contributed by atoms with Crippen molar-refractivity contribution in [3.05, 3.63) is 97.2 Å². The molecule has 5 heteroatoms. The van der Waals surface area contributed by atoms with Gasteiger partial charge < -0.3 is 14.2 Å². The molecule has 0 aliphatic carbocycles. The lowest BCUT2D eigenvalue weighted by Gasteiger charge is -2.18. The largest absolute Gasteiger partial charge is 0.462 e. The Balaban J connectivity index is 4.32. The average molecular weight is 917 g/mol. The average Bonchev–Trinajstić information content (AvgIpc) is 3.32. The van der Waals surface area contributed by atoms with E-state index in [4.69, 9.17) is 14.2 Å². The smallest absolute Gasteiger partial charge is 0.306 e. The molecule has 0 aromatic carbocycles. The molecule has 1 atom stereocenters. The van der Waals surface area contributed by atoms with Crippen LogP contribution in [0.1, 0.15) is 252 Å². The highest BCUT2D eigenvalue weighted by atomic mass is 16.6. The highest BCUT2D eigenvalue weighted by Gasteiger charge is 2.17. The van der Waals surface area contributed by atoms with Gasteiger partial charge in [-0.25, -0.2) is 0 Å². The van der Waals surface area contributed by atoms with E-state index in [-0.39, 0.29) is 25.2 Å². The van der Waals surface area contributed by atoms with Crippen LogP contribution in [0.25, 0.3) is 0 Å². The predicted molar refractivity (Wildman–Crippen MR) is 288 cm³/mol. The molecule has 66 heavy (non-hydrogen) atoms. The van der Waals surface area contributed by atoms with Gasteiger partial charge in [0.05, 0.1) is 6.61 Å². The zero-order chi connectivity index (χ0) is 47.7. The molecule has 0 aromatic heterocycles. The lowest BCUT2D eigenvalue weighted by atomic mass is 10.1. The molecule has 0 heterocycles. The first-order valence-corrected chi connectivity index (χ1v) is 27.8. The summed E-state index contributed by atoms with van der Waals surface area (Å²) in [5.74, 6) is -0.459. The van der Waals surface area contributed by atoms with Gasteiger partial charge in [0.25, 0.3) is 0 Å². The summed E-state index contributed by atoms with van der Waals surface area (Å²) in [6, 6.07) is 0. The molecule has 0 N–H and O–H groups in total. The van der Waals surface area contributed by atoms with Crippen LogP contribution < -0.4 is 0 Å². The number of esters is 2. The van der Waals surface area contributed by atoms with Crippen molar-refractivity contribution < 1.29 is 23.8 Å². The zero-order valence-electron chi connectivity index (χ0n) is 43.4. The van der Waals surface area contributed by atoms with Gasteiger partial charge >= 0.3 is 11.9 Å². The van der Waals surface area contributed by atoms with Crippen molar-refractivity contribution in [2.75, 3.05) is 19.8 Å². The summed E-state index contributed by atoms with van der Waals surface area (Å²) in [7, 11) is 0. The lowest BCUT2D eigenvalue weighted by molar-refractivity contribution is -0.163. The molecule has 0 saturated heterocycles. The Morgan fingerprint density at radius 3 is 1.12 bits per heavy atom. The predicted octanol–water partition coefficient (Wildman–Crippen LogP) is 19.0. The topological polar surface area (TPSA) is 61.8 Å². The summed E-state index contributed by atoms with van der Waals surface area (Å²) in [5, 5.41) is 0. The van der Waals surface area contributed by atoms with E-state index in [0.29, 0.717) is 19.4 Å². The Morgan fingerprint density at radius 1 is 0.348 bits per heavy atom. The van der Waals surface area contributed by atoms with E-state index in [1.807, 2.05) is 0 Å². The van der Waals surface area contributed by atoms with Gasteiger partial charge in [-0.15, -0.1) is 0 Å². The van der Waals surface area contributed by atoms with Crippen LogP contribution in [0.4, 0.5) is 0 Å². The molecule has 0 saturated carbocycles. The highest BCUT2D eigenvalue weighted by Crippen LogP contribution is 2.14. The molecule has 1 unspecified atom stereocenters. The van der Waals surface area contributed by atoms with Crippen molar-refractivity contribution in [3.63, 3.8) is 0 Å². The fourth-order valence-electron chi connectivity index (χ4n) is 7.51. The number of hydrogen-bond donors (Lipinski definition) is 0. The van der Waals surface area contributed by atoms with Crippen molar-refractivity contribution in [3.8, 4) is 0 Å². The molecule has 0 fully saturated rings. The molecule has 0 radical (unpaired) electrons. The second kappa shape index (κ2) is 56.1. The number of rotatable bonds is 50. The summed E-state index contributed by atoms with van der Waals surface area (Å²) in [4.78, 5) is 25.4. The Kier molecular flexibility index (Phi) is 53.4. The van der Waals surface area contributed by atoms with Crippen LogP contribution in [0.15, 0.2) is 97.2 Å². The maximum atomic E-state index is 12.8. The van der Waals surface area contributed by atoms with Crippen LogP contribution in [0, 0.1) is 0 Å². The van der Waals surface area contributed by atoms with Gasteiger partial charge in [0.2, 0.25) is 0 Å². The molecule has 0 bridgehead atoms. The minimum absolute atomic E-state index is 0.0560. The van der Waals surface area contributed by atoms with Crippen molar-refractivity contribution >= 4 is 11.9 Å². The Bertz CT molecular complexity index is 1270. The van der Waals surface area contributed by atoms with E-state index in [0.717, 1.165) is 116 Å². The van der Waals surface area contributed by atoms with Gasteiger partial charge in [-0.3, -0.25) is 9.59 Å². The Hall–Kier alpha value is -3.18. The SMILES string of the molecule is CC/C=C\C/C=C\C/C=C\C/C=C\CCCCCCC(=O)OCC(COCCCCCCCCCCCC/C=C\CCCCCCCC)OC(=O)CCCCC/C=C\C/C=C\C/C=C\CC. The summed E-state index contributed by atoms with van der Waals surface area (Å²) in [6.45, 7) is 7.55. The lowest BCUT2D eigenvalue weighted by Crippen LogP contribution is -2.30. The summed E-state index contributed by atoms with van der Waals surface area (Å²) in [6.07, 6.45) is 75.7. The summed E-state index contributed by atoms with van der Waals surface area (Å²) < 4.78 is 17.4. The Morgan fingerprint density at radius 2 is 0.682 bits per heavy atom. The zero-order valence-corrected chi connectivity index (χ0v) is 43.4. The maximum absolute atomic E-state index is 12.8. The van der Waals surface area contributed by atoms with Crippen LogP contribution >= 0.6 is 0 Å². The minimum atomic E-state index is -0.567. The third kappa shape index (κ3) is 53.4. The first-order chi connectivity index (χ1) is 32.6. The van der Waals surface area contributed by atoms with E-state index < -0.39 is 6.10 Å². The molecular weight excluding hydrogens is 813 g/mol. The maximum Gasteiger partial charge on any atom is 0.306 e. The number of carbonyl (C=O) groups excluding carboxylic acids is 2. The molecule has 0 aliphatic rings. The van der Waals surface area contributed by atoms with E-state index in [1.54, 1.807) is 0 Å². The number of allylic oxidation sites excluding steroid dienone is 16. The standard InChI is InChI=1S/C61H104O5/c1-4-7-10-13-16-19-22-25-27-29-30-31-33-35-38-41-44-47-50-53-56-64-57-59(66-61(63)55-52-49-46-43-40-36-24-21-18-15-12-9-6-3)58-65-60(62)54-51-48-45-42-39-37-34-32-28-26-23-20-17-14-11-8-5-2/h8-9,11-12,17-18,20-21,25-28,34,36-37,40,59H,4-7,10,13-16,19,22-24,29-33,35,38-39,41-58H2,1-3H3/b11-8-,12-9-,20-17-,21-18-,27-25-,28-26-,37-34-,40-36-. The van der Waals surface area contributed by atoms with E-state index in [9.17, 15) is 9.59 Å². The fraction of sp³-hybridized carbons (Fsp3) is 0.705. The highest BCUT2D eigenvalue weighted by molar-refractivity contribution is 5.70. The second-order valence-electron chi connectivity index (χ2n) is 18.1. The molecule has 5 nitrogen and oxygen atoms in total. The van der Waals surface area contributed by atoms with Gasteiger partial charge in [0, 0.05) is 19.4 Å². The van der Waals surface area contributed by atoms with E-state index in [2.05, 4.69) is 118 Å². The quantitative estimate of drug-likeness (QED) is 0.0346. The van der Waals surface area contributed by atoms with Gasteiger partial charge in [-0.2, -0.15) is 0 Å². The van der Waals surface area contributed by atoms with Crippen molar-refractivity contribution in [1.29, 1.82) is 0 Å². The molecule has 378 valence electrons. The van der Waals surface area contributed by atoms with Gasteiger partial charge in [0.1, 0.15) is 6.61 Å². The first kappa shape index (κ1) is 62.8. The van der Waals surface area contributed by atoms with E-state index in [1.165, 1.54) is 103 Å². The normalized spacial score (nSPS) is 13.0. The third-order valence-electron chi connectivity index (χ3n) is 11.6. The van der Waals surface area contributed by atoms with Crippen molar-refractivity contribution in [2.45, 2.75) is 258 Å². The molecule has 0 rings (SSSR count). The molecule has 0 amide bonds. The first-order valence-electron chi connectivity index (χ1n) is 27.8. The van der Waals surface area contributed by atoms with Gasteiger partial charge in [-0.1, -0.05) is 221 Å². The Labute approximate surface area is 409 Å². The number of ether oxygens (including phenoxy) is 3. The summed E-state index contributed by atoms with van der Waals surface area (Å²) in [5.41, 5.74) is 0. The van der Waals surface area contributed by atoms with Crippen LogP contribution in [0.2, 0.25) is 0 Å². The monoisotopic (exact) mass is 917 g/mol. The van der Waals surface area contributed by atoms with Crippen LogP contribution in [0.5, 0.6) is 0 Å². The number of carbonyl (C=O) groups is 2. The molecular formula is C61H104O5. The molecule has 0 aromatic rings. The summed E-state index contributed by atoms with van der Waals surface area (Å²) >= 11 is 0. The van der Waals surface area contributed by atoms with Crippen LogP contribution in [-0.4, -0.2) is 37.9 Å². The second-order valence-corrected chi connectivity index (χ2v) is 18.1. The van der Waals surface area contributed by atoms with Gasteiger partial charge in [0.15, 0.2) is 6.10 Å². The molecule has 0 aliphatic heterocycles. The molecule has 0 spiro atoms.